The van der Waals surface area contributed by atoms with Crippen LogP contribution in [-0.4, -0.2) is 32.1 Å². The zero-order valence-corrected chi connectivity index (χ0v) is 14.4. The maximum atomic E-state index is 12.2. The Kier molecular flexibility index (Phi) is 5.09. The number of fused-ring (bicyclic) bond motifs is 1. The molecular formula is C18H17ClN2O4. The molecular weight excluding hydrogens is 344 g/mol. The maximum Gasteiger partial charge on any atom is 0.331 e. The molecule has 0 atom stereocenters. The van der Waals surface area contributed by atoms with Gasteiger partial charge in [-0.3, -0.25) is 4.79 Å². The van der Waals surface area contributed by atoms with Gasteiger partial charge in [-0.05, 0) is 35.9 Å². The highest BCUT2D eigenvalue weighted by Gasteiger charge is 2.25. The van der Waals surface area contributed by atoms with Crippen LogP contribution in [0.5, 0.6) is 11.5 Å². The molecule has 1 N–H and O–H groups in total. The van der Waals surface area contributed by atoms with Crippen LogP contribution in [0.25, 0.3) is 0 Å². The molecule has 3 rings (SSSR count). The number of nitrogens with one attached hydrogen (secondary N) is 1. The molecule has 0 spiro atoms. The molecule has 0 saturated heterocycles. The summed E-state index contributed by atoms with van der Waals surface area (Å²) in [5.41, 5.74) is 1.59. The van der Waals surface area contributed by atoms with Crippen molar-refractivity contribution in [3.05, 3.63) is 53.1 Å². The molecule has 1 aliphatic rings. The van der Waals surface area contributed by atoms with E-state index in [9.17, 15) is 9.59 Å². The molecule has 6 nitrogen and oxygen atoms in total. The molecule has 7 heteroatoms. The summed E-state index contributed by atoms with van der Waals surface area (Å²) in [5.74, 6) is 0.563. The Balaban J connectivity index is 1.62. The smallest absolute Gasteiger partial charge is 0.331 e. The lowest BCUT2D eigenvalue weighted by Gasteiger charge is -2.29. The molecule has 1 heterocycles. The molecule has 0 fully saturated rings. The van der Waals surface area contributed by atoms with E-state index in [0.717, 1.165) is 11.3 Å². The lowest BCUT2D eigenvalue weighted by molar-refractivity contribution is -0.133. The van der Waals surface area contributed by atoms with Crippen molar-refractivity contribution in [2.75, 3.05) is 25.1 Å². The number of anilines is 1. The van der Waals surface area contributed by atoms with E-state index in [2.05, 4.69) is 5.32 Å². The SMILES string of the molecule is COc1ccc(CNC(=O)CN2CC(=O)Oc3ccc(Cl)cc32)cc1. The summed E-state index contributed by atoms with van der Waals surface area (Å²) in [6, 6.07) is 12.4. The Morgan fingerprint density at radius 1 is 1.28 bits per heavy atom. The van der Waals surface area contributed by atoms with Crippen LogP contribution in [0.1, 0.15) is 5.56 Å². The van der Waals surface area contributed by atoms with Gasteiger partial charge < -0.3 is 19.7 Å². The summed E-state index contributed by atoms with van der Waals surface area (Å²) in [7, 11) is 1.60. The predicted molar refractivity (Wildman–Crippen MR) is 94.1 cm³/mol. The number of rotatable bonds is 5. The lowest BCUT2D eigenvalue weighted by Crippen LogP contribution is -2.43. The predicted octanol–water partition coefficient (Wildman–Crippen LogP) is 2.39. The fraction of sp³-hybridized carbons (Fsp3) is 0.222. The number of methoxy groups -OCH3 is 1. The van der Waals surface area contributed by atoms with Crippen LogP contribution in [0, 0.1) is 0 Å². The average Bonchev–Trinajstić information content (AvgIpc) is 2.61. The number of hydrogen-bond acceptors (Lipinski definition) is 5. The zero-order valence-electron chi connectivity index (χ0n) is 13.6. The van der Waals surface area contributed by atoms with Crippen molar-refractivity contribution in [2.24, 2.45) is 0 Å². The van der Waals surface area contributed by atoms with Gasteiger partial charge in [-0.15, -0.1) is 0 Å². The third-order valence-electron chi connectivity index (χ3n) is 3.79. The first kappa shape index (κ1) is 17.1. The van der Waals surface area contributed by atoms with E-state index in [1.165, 1.54) is 0 Å². The van der Waals surface area contributed by atoms with E-state index >= 15 is 0 Å². The van der Waals surface area contributed by atoms with Crippen molar-refractivity contribution in [1.82, 2.24) is 5.32 Å². The average molecular weight is 361 g/mol. The van der Waals surface area contributed by atoms with Gasteiger partial charge in [0, 0.05) is 11.6 Å². The fourth-order valence-corrected chi connectivity index (χ4v) is 2.70. The van der Waals surface area contributed by atoms with Gasteiger partial charge in [-0.1, -0.05) is 23.7 Å². The Morgan fingerprint density at radius 3 is 2.76 bits per heavy atom. The second-order valence-corrected chi connectivity index (χ2v) is 6.00. The normalized spacial score (nSPS) is 13.0. The summed E-state index contributed by atoms with van der Waals surface area (Å²) >= 11 is 6.00. The van der Waals surface area contributed by atoms with Crippen LogP contribution in [0.4, 0.5) is 5.69 Å². The van der Waals surface area contributed by atoms with Crippen LogP contribution in [0.15, 0.2) is 42.5 Å². The van der Waals surface area contributed by atoms with E-state index in [0.29, 0.717) is 23.0 Å². The summed E-state index contributed by atoms with van der Waals surface area (Å²) in [4.78, 5) is 25.6. The number of hydrogen-bond donors (Lipinski definition) is 1. The Hall–Kier alpha value is -2.73. The number of benzene rings is 2. The van der Waals surface area contributed by atoms with E-state index in [1.54, 1.807) is 30.2 Å². The molecule has 0 radical (unpaired) electrons. The molecule has 1 amide bonds. The summed E-state index contributed by atoms with van der Waals surface area (Å²) in [6.45, 7) is 0.436. The van der Waals surface area contributed by atoms with Crippen LogP contribution >= 0.6 is 11.6 Å². The third-order valence-corrected chi connectivity index (χ3v) is 4.02. The number of halogens is 1. The highest BCUT2D eigenvalue weighted by atomic mass is 35.5. The second-order valence-electron chi connectivity index (χ2n) is 5.57. The first-order valence-corrected chi connectivity index (χ1v) is 8.08. The van der Waals surface area contributed by atoms with Gasteiger partial charge in [-0.25, -0.2) is 4.79 Å². The van der Waals surface area contributed by atoms with Gasteiger partial charge in [-0.2, -0.15) is 0 Å². The van der Waals surface area contributed by atoms with Crippen molar-refractivity contribution in [2.45, 2.75) is 6.54 Å². The lowest BCUT2D eigenvalue weighted by atomic mass is 10.2. The van der Waals surface area contributed by atoms with Gasteiger partial charge in [0.05, 0.1) is 19.3 Å². The zero-order chi connectivity index (χ0) is 17.8. The summed E-state index contributed by atoms with van der Waals surface area (Å²) in [5, 5.41) is 3.35. The largest absolute Gasteiger partial charge is 0.497 e. The standard InChI is InChI=1S/C18H17ClN2O4/c1-24-14-5-2-12(3-6-14)9-20-17(22)10-21-11-18(23)25-16-7-4-13(19)8-15(16)21/h2-8H,9-11H2,1H3,(H,20,22). The third kappa shape index (κ3) is 4.22. The van der Waals surface area contributed by atoms with Crippen molar-refractivity contribution < 1.29 is 19.1 Å². The minimum absolute atomic E-state index is 0.00327. The molecule has 0 aliphatic carbocycles. The summed E-state index contributed by atoms with van der Waals surface area (Å²) in [6.07, 6.45) is 0. The van der Waals surface area contributed by atoms with Gasteiger partial charge in [0.25, 0.3) is 0 Å². The first-order chi connectivity index (χ1) is 12.0. The van der Waals surface area contributed by atoms with Crippen molar-refractivity contribution >= 4 is 29.2 Å². The molecule has 0 unspecified atom stereocenters. The topological polar surface area (TPSA) is 67.9 Å². The fourth-order valence-electron chi connectivity index (χ4n) is 2.53. The number of carbonyl (C=O) groups is 2. The Bertz CT molecular complexity index is 792. The maximum absolute atomic E-state index is 12.2. The van der Waals surface area contributed by atoms with E-state index in [-0.39, 0.29) is 19.0 Å². The molecule has 25 heavy (non-hydrogen) atoms. The van der Waals surface area contributed by atoms with E-state index in [1.807, 2.05) is 24.3 Å². The monoisotopic (exact) mass is 360 g/mol. The molecule has 0 saturated carbocycles. The number of carbonyl (C=O) groups excluding carboxylic acids is 2. The van der Waals surface area contributed by atoms with Crippen LogP contribution in [0.3, 0.4) is 0 Å². The highest BCUT2D eigenvalue weighted by Crippen LogP contribution is 2.34. The van der Waals surface area contributed by atoms with Gasteiger partial charge >= 0.3 is 5.97 Å². The second kappa shape index (κ2) is 7.44. The van der Waals surface area contributed by atoms with Crippen LogP contribution in [0.2, 0.25) is 5.02 Å². The van der Waals surface area contributed by atoms with E-state index in [4.69, 9.17) is 21.1 Å². The molecule has 0 bridgehead atoms. The minimum atomic E-state index is -0.405. The molecule has 2 aromatic carbocycles. The number of nitrogens with zero attached hydrogens (tertiary/aromatic N) is 1. The highest BCUT2D eigenvalue weighted by molar-refractivity contribution is 6.31. The summed E-state index contributed by atoms with van der Waals surface area (Å²) < 4.78 is 10.3. The molecule has 2 aromatic rings. The first-order valence-electron chi connectivity index (χ1n) is 7.70. The van der Waals surface area contributed by atoms with Crippen molar-refractivity contribution in [1.29, 1.82) is 0 Å². The van der Waals surface area contributed by atoms with Crippen LogP contribution in [-0.2, 0) is 16.1 Å². The Morgan fingerprint density at radius 2 is 2.04 bits per heavy atom. The van der Waals surface area contributed by atoms with Gasteiger partial charge in [0.2, 0.25) is 5.91 Å². The molecule has 1 aliphatic heterocycles. The molecule has 130 valence electrons. The molecule has 0 aromatic heterocycles. The van der Waals surface area contributed by atoms with Crippen molar-refractivity contribution in [3.63, 3.8) is 0 Å². The van der Waals surface area contributed by atoms with Crippen molar-refractivity contribution in [3.8, 4) is 11.5 Å². The number of amides is 1. The van der Waals surface area contributed by atoms with Crippen LogP contribution < -0.4 is 19.7 Å². The van der Waals surface area contributed by atoms with Gasteiger partial charge in [0.1, 0.15) is 12.3 Å². The number of ether oxygens (including phenoxy) is 2. The van der Waals surface area contributed by atoms with Gasteiger partial charge in [0.15, 0.2) is 5.75 Å². The minimum Gasteiger partial charge on any atom is -0.497 e. The number of esters is 1. The van der Waals surface area contributed by atoms with E-state index < -0.39 is 5.97 Å². The quantitative estimate of drug-likeness (QED) is 0.655. The Labute approximate surface area is 150 Å².